The Kier molecular flexibility index (Phi) is 4.55. The Balaban J connectivity index is 1.53. The first-order valence-electron chi connectivity index (χ1n) is 12.5. The molecule has 168 valence electrons. The predicted octanol–water partition coefficient (Wildman–Crippen LogP) is 6.17. The molecule has 30 heavy (non-hydrogen) atoms. The van der Waals surface area contributed by atoms with E-state index >= 15 is 0 Å². The van der Waals surface area contributed by atoms with Gasteiger partial charge in [0, 0.05) is 24.4 Å². The molecular formula is C27H42O3. The van der Waals surface area contributed by atoms with E-state index in [9.17, 15) is 4.79 Å². The molecule has 5 fully saturated rings. The molecule has 0 radical (unpaired) electrons. The average Bonchev–Trinajstić information content (AvgIpc) is 2.89. The van der Waals surface area contributed by atoms with Gasteiger partial charge in [-0.1, -0.05) is 41.2 Å². The van der Waals surface area contributed by atoms with Gasteiger partial charge in [-0.05, 0) is 85.0 Å². The van der Waals surface area contributed by atoms with E-state index in [1.807, 2.05) is 0 Å². The number of rotatable bonds is 2. The molecule has 0 amide bonds. The number of hydrogen-bond donors (Lipinski definition) is 0. The fraction of sp³-hybridized carbons (Fsp3) is 0.889. The van der Waals surface area contributed by atoms with Crippen molar-refractivity contribution in [1.82, 2.24) is 0 Å². The molecule has 9 atom stereocenters. The van der Waals surface area contributed by atoms with Crippen molar-refractivity contribution in [2.45, 2.75) is 98.9 Å². The summed E-state index contributed by atoms with van der Waals surface area (Å²) in [4.78, 5) is 12.8. The summed E-state index contributed by atoms with van der Waals surface area (Å²) in [6.07, 6.45) is 7.96. The minimum absolute atomic E-state index is 0.110. The van der Waals surface area contributed by atoms with E-state index < -0.39 is 0 Å². The van der Waals surface area contributed by atoms with Crippen LogP contribution in [0.25, 0.3) is 0 Å². The van der Waals surface area contributed by atoms with Crippen molar-refractivity contribution < 1.29 is 14.3 Å². The van der Waals surface area contributed by atoms with Crippen LogP contribution < -0.4 is 0 Å². The van der Waals surface area contributed by atoms with Crippen LogP contribution in [0.3, 0.4) is 0 Å². The lowest BCUT2D eigenvalue weighted by Gasteiger charge is -2.69. The Morgan fingerprint density at radius 2 is 1.60 bits per heavy atom. The third-order valence-electron chi connectivity index (χ3n) is 11.3. The molecule has 1 saturated heterocycles. The first-order valence-corrected chi connectivity index (χ1v) is 12.5. The van der Waals surface area contributed by atoms with Gasteiger partial charge in [0.1, 0.15) is 5.78 Å². The van der Waals surface area contributed by atoms with Crippen LogP contribution in [0.5, 0.6) is 0 Å². The number of Topliss-reactive ketones (excluding diaryl/α,β-unsaturated/α-hetero) is 1. The van der Waals surface area contributed by atoms with Gasteiger partial charge in [0.2, 0.25) is 0 Å². The predicted molar refractivity (Wildman–Crippen MR) is 119 cm³/mol. The minimum atomic E-state index is -0.169. The maximum absolute atomic E-state index is 12.8. The number of ketones is 1. The van der Waals surface area contributed by atoms with Crippen LogP contribution in [-0.4, -0.2) is 24.8 Å². The normalized spacial score (nSPS) is 54.3. The SMILES string of the molecule is C=C1[C@H]2CC3[C@]4(C)CC[C@H]5C(C)(C)C(=O)CC[C@]5(C)[C@H]4CC[C@]3(C)[C@@H]1[C@@H](OCC)O2. The maximum atomic E-state index is 12.8. The summed E-state index contributed by atoms with van der Waals surface area (Å²) < 4.78 is 12.5. The van der Waals surface area contributed by atoms with E-state index in [1.165, 1.54) is 31.3 Å². The van der Waals surface area contributed by atoms with Crippen molar-refractivity contribution in [3.63, 3.8) is 0 Å². The van der Waals surface area contributed by atoms with Gasteiger partial charge in [-0.3, -0.25) is 4.79 Å². The molecule has 4 saturated carbocycles. The first kappa shape index (κ1) is 21.2. The second-order valence-electron chi connectivity index (χ2n) is 12.6. The van der Waals surface area contributed by atoms with E-state index in [2.05, 4.69) is 48.1 Å². The number of ether oxygens (including phenoxy) is 2. The molecule has 0 aromatic rings. The van der Waals surface area contributed by atoms with Crippen LogP contribution in [0.4, 0.5) is 0 Å². The molecule has 5 aliphatic rings. The molecule has 2 bridgehead atoms. The maximum Gasteiger partial charge on any atom is 0.165 e. The van der Waals surface area contributed by atoms with Gasteiger partial charge in [-0.2, -0.15) is 0 Å². The monoisotopic (exact) mass is 414 g/mol. The van der Waals surface area contributed by atoms with Crippen molar-refractivity contribution in [2.75, 3.05) is 6.61 Å². The second kappa shape index (κ2) is 6.44. The van der Waals surface area contributed by atoms with E-state index in [0.717, 1.165) is 19.3 Å². The molecule has 0 aromatic carbocycles. The molecule has 0 N–H and O–H groups in total. The highest BCUT2D eigenvalue weighted by molar-refractivity contribution is 5.85. The quantitative estimate of drug-likeness (QED) is 0.507. The molecule has 0 aromatic heterocycles. The highest BCUT2D eigenvalue weighted by atomic mass is 16.7. The molecule has 5 rings (SSSR count). The van der Waals surface area contributed by atoms with Gasteiger partial charge in [-0.15, -0.1) is 0 Å². The van der Waals surface area contributed by atoms with Crippen molar-refractivity contribution in [2.24, 2.45) is 45.3 Å². The zero-order chi connectivity index (χ0) is 21.7. The summed E-state index contributed by atoms with van der Waals surface area (Å²) in [5, 5.41) is 0. The molecule has 1 unspecified atom stereocenters. The Labute approximate surface area is 183 Å². The van der Waals surface area contributed by atoms with Gasteiger partial charge < -0.3 is 9.47 Å². The molecular weight excluding hydrogens is 372 g/mol. The van der Waals surface area contributed by atoms with Crippen molar-refractivity contribution in [3.05, 3.63) is 12.2 Å². The first-order chi connectivity index (χ1) is 14.0. The highest BCUT2D eigenvalue weighted by Crippen LogP contribution is 2.74. The van der Waals surface area contributed by atoms with Crippen molar-refractivity contribution in [1.29, 1.82) is 0 Å². The van der Waals surface area contributed by atoms with E-state index in [4.69, 9.17) is 9.47 Å². The molecule has 3 heteroatoms. The average molecular weight is 415 g/mol. The smallest absolute Gasteiger partial charge is 0.165 e. The minimum Gasteiger partial charge on any atom is -0.352 e. The summed E-state index contributed by atoms with van der Waals surface area (Å²) in [5.74, 6) is 2.69. The van der Waals surface area contributed by atoms with Crippen LogP contribution in [0.2, 0.25) is 0 Å². The molecule has 1 heterocycles. The number of hydrogen-bond acceptors (Lipinski definition) is 3. The summed E-state index contributed by atoms with van der Waals surface area (Å²) in [5.41, 5.74) is 1.92. The standard InChI is InChI=1S/C27H42O3/c1-8-29-23-22-16(2)17(30-23)15-20-26(6)12-9-18-24(3,4)21(28)11-14-25(18,5)19(26)10-13-27(20,22)7/h17-20,22-23H,2,8-15H2,1,3-7H3/t17-,18+,19-,20?,22+,23+,25+,26-,27+/m1/s1. The zero-order valence-electron chi connectivity index (χ0n) is 20.1. The van der Waals surface area contributed by atoms with Crippen molar-refractivity contribution >= 4 is 5.78 Å². The second-order valence-corrected chi connectivity index (χ2v) is 12.6. The molecule has 0 spiro atoms. The van der Waals surface area contributed by atoms with Crippen LogP contribution >= 0.6 is 0 Å². The highest BCUT2D eigenvalue weighted by Gasteiger charge is 2.69. The molecule has 1 aliphatic heterocycles. The lowest BCUT2D eigenvalue weighted by Crippen LogP contribution is -2.64. The fourth-order valence-corrected chi connectivity index (χ4v) is 9.92. The third kappa shape index (κ3) is 2.43. The largest absolute Gasteiger partial charge is 0.352 e. The number of carbonyl (C=O) groups is 1. The van der Waals surface area contributed by atoms with Gasteiger partial charge >= 0.3 is 0 Å². The summed E-state index contributed by atoms with van der Waals surface area (Å²) in [6.45, 7) is 19.4. The van der Waals surface area contributed by atoms with Gasteiger partial charge in [-0.25, -0.2) is 0 Å². The van der Waals surface area contributed by atoms with E-state index in [1.54, 1.807) is 0 Å². The van der Waals surface area contributed by atoms with Gasteiger partial charge in [0.15, 0.2) is 6.29 Å². The number of carbonyl (C=O) groups excluding carboxylic acids is 1. The lowest BCUT2D eigenvalue weighted by atomic mass is 9.35. The fourth-order valence-electron chi connectivity index (χ4n) is 9.92. The Morgan fingerprint density at radius 1 is 0.967 bits per heavy atom. The van der Waals surface area contributed by atoms with Crippen molar-refractivity contribution in [3.8, 4) is 0 Å². The zero-order valence-corrected chi connectivity index (χ0v) is 20.1. The Hall–Kier alpha value is -0.670. The van der Waals surface area contributed by atoms with Crippen LogP contribution in [0, 0.1) is 45.3 Å². The van der Waals surface area contributed by atoms with E-state index in [-0.39, 0.29) is 28.6 Å². The summed E-state index contributed by atoms with van der Waals surface area (Å²) in [6, 6.07) is 0. The van der Waals surface area contributed by atoms with E-state index in [0.29, 0.717) is 41.5 Å². The Bertz CT molecular complexity index is 770. The Morgan fingerprint density at radius 3 is 2.30 bits per heavy atom. The van der Waals surface area contributed by atoms with Crippen LogP contribution in [-0.2, 0) is 14.3 Å². The third-order valence-corrected chi connectivity index (χ3v) is 11.3. The molecule has 3 nitrogen and oxygen atoms in total. The molecule has 4 aliphatic carbocycles. The van der Waals surface area contributed by atoms with Crippen LogP contribution in [0.15, 0.2) is 12.2 Å². The topological polar surface area (TPSA) is 35.5 Å². The lowest BCUT2D eigenvalue weighted by molar-refractivity contribution is -0.207. The van der Waals surface area contributed by atoms with Crippen LogP contribution in [0.1, 0.15) is 86.5 Å². The van der Waals surface area contributed by atoms with Gasteiger partial charge in [0.05, 0.1) is 6.10 Å². The number of fused-ring (bicyclic) bond motifs is 8. The summed E-state index contributed by atoms with van der Waals surface area (Å²) in [7, 11) is 0. The summed E-state index contributed by atoms with van der Waals surface area (Å²) >= 11 is 0. The van der Waals surface area contributed by atoms with Gasteiger partial charge in [0.25, 0.3) is 0 Å².